The Morgan fingerprint density at radius 2 is 0.662 bits per heavy atom. The molecule has 74 heavy (non-hydrogen) atoms. The summed E-state index contributed by atoms with van der Waals surface area (Å²) in [5.41, 5.74) is 17.5. The first kappa shape index (κ1) is 41.0. The molecule has 344 valence electrons. The van der Waals surface area contributed by atoms with Crippen LogP contribution < -0.4 is 9.47 Å². The van der Waals surface area contributed by atoms with Crippen molar-refractivity contribution in [3.05, 3.63) is 293 Å². The van der Waals surface area contributed by atoms with Gasteiger partial charge in [-0.15, -0.1) is 0 Å². The minimum atomic E-state index is -0.655. The minimum Gasteiger partial charge on any atom is -0.457 e. The molecule has 0 bridgehead atoms. The Morgan fingerprint density at radius 3 is 1.31 bits per heavy atom. The first-order valence-corrected chi connectivity index (χ1v) is 25.2. The molecule has 11 aromatic carbocycles. The average molecular weight is 944 g/mol. The predicted octanol–water partition coefficient (Wildman–Crippen LogP) is 16.6. The van der Waals surface area contributed by atoms with E-state index in [1.165, 1.54) is 38.6 Å². The predicted molar refractivity (Wildman–Crippen MR) is 294 cm³/mol. The van der Waals surface area contributed by atoms with Gasteiger partial charge in [0.05, 0.1) is 10.8 Å². The van der Waals surface area contributed by atoms with Crippen molar-refractivity contribution in [2.75, 3.05) is 0 Å². The van der Waals surface area contributed by atoms with Gasteiger partial charge in [0.25, 0.3) is 0 Å². The van der Waals surface area contributed by atoms with Gasteiger partial charge in [-0.3, -0.25) is 0 Å². The van der Waals surface area contributed by atoms with Crippen molar-refractivity contribution in [1.29, 1.82) is 0 Å². The first-order chi connectivity index (χ1) is 36.7. The summed E-state index contributed by atoms with van der Waals surface area (Å²) in [5, 5.41) is 2.42. The number of ether oxygens (including phenoxy) is 2. The Labute approximate surface area is 427 Å². The molecule has 0 radical (unpaired) electrons. The fourth-order valence-electron chi connectivity index (χ4n) is 13.1. The van der Waals surface area contributed by atoms with Crippen LogP contribution >= 0.6 is 0 Å². The van der Waals surface area contributed by atoms with Crippen molar-refractivity contribution in [2.24, 2.45) is 0 Å². The summed E-state index contributed by atoms with van der Waals surface area (Å²) >= 11 is 0. The van der Waals surface area contributed by atoms with E-state index in [0.29, 0.717) is 17.5 Å². The van der Waals surface area contributed by atoms with Crippen LogP contribution in [-0.2, 0) is 10.8 Å². The smallest absolute Gasteiger partial charge is 0.164 e. The molecule has 0 N–H and O–H groups in total. The quantitative estimate of drug-likeness (QED) is 0.176. The molecule has 0 unspecified atom stereocenters. The molecule has 5 nitrogen and oxygen atoms in total. The summed E-state index contributed by atoms with van der Waals surface area (Å²) in [5.74, 6) is 5.18. The number of nitrogens with zero attached hydrogens (tertiary/aromatic N) is 3. The molecule has 4 aliphatic rings. The van der Waals surface area contributed by atoms with E-state index < -0.39 is 10.8 Å². The molecule has 1 aromatic heterocycles. The summed E-state index contributed by atoms with van der Waals surface area (Å²) in [6.07, 6.45) is 0. The van der Waals surface area contributed by atoms with Gasteiger partial charge < -0.3 is 9.47 Å². The highest BCUT2D eigenvalue weighted by Gasteiger charge is 2.53. The van der Waals surface area contributed by atoms with E-state index in [4.69, 9.17) is 24.4 Å². The van der Waals surface area contributed by atoms with Crippen LogP contribution in [0.15, 0.2) is 249 Å². The van der Waals surface area contributed by atoms with E-state index >= 15 is 0 Å². The van der Waals surface area contributed by atoms with E-state index in [1.54, 1.807) is 0 Å². The second-order valence-corrected chi connectivity index (χ2v) is 19.7. The van der Waals surface area contributed by atoms with Crippen molar-refractivity contribution in [3.63, 3.8) is 0 Å². The van der Waals surface area contributed by atoms with Gasteiger partial charge >= 0.3 is 0 Å². The molecule has 12 aromatic rings. The van der Waals surface area contributed by atoms with Gasteiger partial charge in [0.2, 0.25) is 0 Å². The monoisotopic (exact) mass is 943 g/mol. The highest BCUT2D eigenvalue weighted by molar-refractivity contribution is 5.98. The second-order valence-electron chi connectivity index (χ2n) is 19.7. The standard InChI is InChI=1S/C69H41N3O2/c1-2-19-46-42(17-1)18-15-22-47(46)43-35-37-44(38-36-43)65-70-66(45-39-40-49-48-20-3-5-24-52(48)69(59(49)41-45)56-28-9-13-33-62(56)74-63-34-14-10-29-57(63)69)72-67(71-65)51-23-16-30-58-64(51)50-21-4-6-25-53(50)68(58)54-26-7-11-31-60(54)73-61-32-12-8-27-55(61)68/h1-41H. The van der Waals surface area contributed by atoms with Crippen LogP contribution in [0.2, 0.25) is 0 Å². The number of hydrogen-bond donors (Lipinski definition) is 0. The number of rotatable bonds is 4. The number of fused-ring (bicyclic) bond motifs is 19. The SMILES string of the molecule is c1ccc2c(c1)Oc1ccccc1C21c2ccccc2-c2ccc(-c3nc(-c4ccc(-c5cccc6ccccc56)cc4)nc(-c4cccc5c4-c4ccccc4C54c5ccccc5Oc5ccccc54)n3)cc21. The Balaban J connectivity index is 0.943. The Hall–Kier alpha value is -9.71. The average Bonchev–Trinajstić information content (AvgIpc) is 4.10. The molecule has 2 aliphatic heterocycles. The summed E-state index contributed by atoms with van der Waals surface area (Å²) in [4.78, 5) is 16.6. The molecule has 16 rings (SSSR count). The molecular weight excluding hydrogens is 903 g/mol. The number of para-hydroxylation sites is 4. The molecule has 0 fully saturated rings. The maximum atomic E-state index is 6.70. The van der Waals surface area contributed by atoms with Gasteiger partial charge in [-0.2, -0.15) is 0 Å². The highest BCUT2D eigenvalue weighted by Crippen LogP contribution is 2.64. The summed E-state index contributed by atoms with van der Waals surface area (Å²) in [6.45, 7) is 0. The van der Waals surface area contributed by atoms with Crippen LogP contribution in [-0.4, -0.2) is 15.0 Å². The third-order valence-corrected chi connectivity index (χ3v) is 16.1. The Bertz CT molecular complexity index is 4250. The zero-order valence-corrected chi connectivity index (χ0v) is 39.8. The van der Waals surface area contributed by atoms with Gasteiger partial charge in [0.15, 0.2) is 17.5 Å². The lowest BCUT2D eigenvalue weighted by Crippen LogP contribution is -2.32. The largest absolute Gasteiger partial charge is 0.457 e. The zero-order chi connectivity index (χ0) is 48.5. The molecule has 0 saturated heterocycles. The lowest BCUT2D eigenvalue weighted by atomic mass is 9.66. The lowest BCUT2D eigenvalue weighted by molar-refractivity contribution is 0.436. The van der Waals surface area contributed by atoms with Gasteiger partial charge in [0, 0.05) is 38.9 Å². The van der Waals surface area contributed by atoms with Gasteiger partial charge in [0.1, 0.15) is 23.0 Å². The van der Waals surface area contributed by atoms with Crippen molar-refractivity contribution < 1.29 is 9.47 Å². The summed E-state index contributed by atoms with van der Waals surface area (Å²) in [7, 11) is 0. The summed E-state index contributed by atoms with van der Waals surface area (Å²) in [6, 6.07) is 88.8. The van der Waals surface area contributed by atoms with Crippen LogP contribution in [0, 0.1) is 0 Å². The molecule has 2 spiro atoms. The maximum absolute atomic E-state index is 6.70. The number of hydrogen-bond acceptors (Lipinski definition) is 5. The van der Waals surface area contributed by atoms with Gasteiger partial charge in [-0.25, -0.2) is 15.0 Å². The van der Waals surface area contributed by atoms with Crippen LogP contribution in [0.1, 0.15) is 44.5 Å². The topological polar surface area (TPSA) is 57.1 Å². The molecular formula is C69H41N3O2. The fourth-order valence-corrected chi connectivity index (χ4v) is 13.1. The van der Waals surface area contributed by atoms with Gasteiger partial charge in [-0.05, 0) is 96.7 Å². The minimum absolute atomic E-state index is 0.589. The van der Waals surface area contributed by atoms with Crippen LogP contribution in [0.25, 0.3) is 78.3 Å². The van der Waals surface area contributed by atoms with Crippen LogP contribution in [0.5, 0.6) is 23.0 Å². The Kier molecular flexibility index (Phi) is 8.52. The molecule has 2 aliphatic carbocycles. The van der Waals surface area contributed by atoms with E-state index in [-0.39, 0.29) is 0 Å². The Morgan fingerprint density at radius 1 is 0.257 bits per heavy atom. The fraction of sp³-hybridized carbons (Fsp3) is 0.0290. The highest BCUT2D eigenvalue weighted by atomic mass is 16.5. The van der Waals surface area contributed by atoms with Crippen molar-refractivity contribution >= 4 is 10.8 Å². The normalized spacial score (nSPS) is 14.1. The van der Waals surface area contributed by atoms with E-state index in [1.807, 2.05) is 0 Å². The zero-order valence-electron chi connectivity index (χ0n) is 39.8. The molecule has 3 heterocycles. The third kappa shape index (κ3) is 5.50. The van der Waals surface area contributed by atoms with Crippen molar-refractivity contribution in [2.45, 2.75) is 10.8 Å². The van der Waals surface area contributed by atoms with Crippen molar-refractivity contribution in [1.82, 2.24) is 15.0 Å². The molecule has 5 heteroatoms. The van der Waals surface area contributed by atoms with Crippen LogP contribution in [0.4, 0.5) is 0 Å². The molecule has 0 atom stereocenters. The third-order valence-electron chi connectivity index (χ3n) is 16.1. The van der Waals surface area contributed by atoms with Crippen molar-refractivity contribution in [3.8, 4) is 90.5 Å². The molecule has 0 amide bonds. The van der Waals surface area contributed by atoms with E-state index in [0.717, 1.165) is 89.8 Å². The van der Waals surface area contributed by atoms with E-state index in [2.05, 4.69) is 249 Å². The maximum Gasteiger partial charge on any atom is 0.164 e. The lowest BCUT2D eigenvalue weighted by Gasteiger charge is -2.39. The number of aromatic nitrogens is 3. The first-order valence-electron chi connectivity index (χ1n) is 25.2. The van der Waals surface area contributed by atoms with Gasteiger partial charge in [-0.1, -0.05) is 218 Å². The second kappa shape index (κ2) is 15.4. The van der Waals surface area contributed by atoms with Crippen LogP contribution in [0.3, 0.4) is 0 Å². The molecule has 0 saturated carbocycles. The summed E-state index contributed by atoms with van der Waals surface area (Å²) < 4.78 is 13.4. The van der Waals surface area contributed by atoms with E-state index in [9.17, 15) is 0 Å². The number of benzene rings is 11.